The van der Waals surface area contributed by atoms with Gasteiger partial charge in [-0.1, -0.05) is 18.2 Å². The summed E-state index contributed by atoms with van der Waals surface area (Å²) in [5.41, 5.74) is 2.03. The van der Waals surface area contributed by atoms with Crippen LogP contribution in [0.15, 0.2) is 54.0 Å². The van der Waals surface area contributed by atoms with Crippen molar-refractivity contribution in [3.05, 3.63) is 80.8 Å². The van der Waals surface area contributed by atoms with E-state index in [-0.39, 0.29) is 36.6 Å². The topological polar surface area (TPSA) is 108 Å². The molecule has 2 amide bonds. The number of carbonyl (C=O) groups is 2. The average Bonchev–Trinajstić information content (AvgIpc) is 3.08. The normalized spacial score (nSPS) is 14.5. The molecule has 0 N–H and O–H groups in total. The quantitative estimate of drug-likeness (QED) is 0.197. The van der Waals surface area contributed by atoms with E-state index in [1.165, 1.54) is 26.4 Å². The molecular weight excluding hydrogens is 460 g/mol. The summed E-state index contributed by atoms with van der Waals surface area (Å²) in [7, 11) is 3.00. The van der Waals surface area contributed by atoms with Crippen molar-refractivity contribution in [1.82, 2.24) is 4.90 Å². The number of imide groups is 1. The molecule has 0 unspecified atom stereocenters. The fraction of sp³-hybridized carbons (Fsp3) is 0.250. The number of nitrogens with zero attached hydrogens (tertiary/aromatic N) is 2. The summed E-state index contributed by atoms with van der Waals surface area (Å²) in [5, 5.41) is 10.7. The number of non-ortho nitro benzene ring substituents is 1. The number of nitro benzene ring substituents is 1. The highest BCUT2D eigenvalue weighted by Gasteiger charge is 2.34. The molecule has 9 nitrogen and oxygen atoms in total. The molecule has 1 saturated heterocycles. The Morgan fingerprint density at radius 2 is 2.00 bits per heavy atom. The largest absolute Gasteiger partial charge is 0.493 e. The molecule has 2 aromatic carbocycles. The lowest BCUT2D eigenvalue weighted by Gasteiger charge is -2.16. The number of carbonyl (C=O) groups excluding carboxylic acids is 2. The van der Waals surface area contributed by atoms with Gasteiger partial charge in [-0.15, -0.1) is 6.58 Å². The minimum absolute atomic E-state index is 0.0193. The Morgan fingerprint density at radius 3 is 2.68 bits per heavy atom. The first-order chi connectivity index (χ1) is 16.4. The predicted molar refractivity (Wildman–Crippen MR) is 129 cm³/mol. The van der Waals surface area contributed by atoms with Crippen molar-refractivity contribution in [3.8, 4) is 11.5 Å². The van der Waals surface area contributed by atoms with Crippen molar-refractivity contribution in [3.63, 3.8) is 0 Å². The van der Waals surface area contributed by atoms with Crippen LogP contribution in [0.4, 0.5) is 10.5 Å². The lowest BCUT2D eigenvalue weighted by Crippen LogP contribution is -2.31. The third-order valence-corrected chi connectivity index (χ3v) is 5.84. The van der Waals surface area contributed by atoms with Crippen molar-refractivity contribution in [2.24, 2.45) is 0 Å². The van der Waals surface area contributed by atoms with Crippen LogP contribution < -0.4 is 9.47 Å². The first-order valence-corrected chi connectivity index (χ1v) is 11.1. The maximum Gasteiger partial charge on any atom is 0.293 e. The van der Waals surface area contributed by atoms with E-state index in [1.807, 2.05) is 6.07 Å². The fourth-order valence-corrected chi connectivity index (χ4v) is 4.20. The van der Waals surface area contributed by atoms with Gasteiger partial charge in [-0.2, -0.15) is 0 Å². The second-order valence-corrected chi connectivity index (χ2v) is 8.24. The van der Waals surface area contributed by atoms with Gasteiger partial charge in [0.15, 0.2) is 11.5 Å². The number of allylic oxidation sites excluding steroid dienone is 1. The summed E-state index contributed by atoms with van der Waals surface area (Å²) in [6.45, 7) is 4.34. The Balaban J connectivity index is 1.89. The molecule has 3 rings (SSSR count). The number of benzene rings is 2. The lowest BCUT2D eigenvalue weighted by atomic mass is 10.0. The molecule has 1 fully saturated rings. The van der Waals surface area contributed by atoms with Crippen LogP contribution in [0.1, 0.15) is 16.7 Å². The van der Waals surface area contributed by atoms with Crippen LogP contribution in [0.25, 0.3) is 6.08 Å². The molecule has 0 spiro atoms. The number of methoxy groups -OCH3 is 2. The fourth-order valence-electron chi connectivity index (χ4n) is 3.33. The monoisotopic (exact) mass is 484 g/mol. The van der Waals surface area contributed by atoms with Crippen molar-refractivity contribution in [1.29, 1.82) is 0 Å². The Hall–Kier alpha value is -3.63. The van der Waals surface area contributed by atoms with Crippen LogP contribution in [0, 0.1) is 10.1 Å². The van der Waals surface area contributed by atoms with Gasteiger partial charge in [0.2, 0.25) is 0 Å². The predicted octanol–water partition coefficient (Wildman–Crippen LogP) is 4.59. The van der Waals surface area contributed by atoms with Gasteiger partial charge in [-0.3, -0.25) is 24.6 Å². The minimum atomic E-state index is -0.459. The molecular formula is C24H24N2O7S. The van der Waals surface area contributed by atoms with Crippen molar-refractivity contribution >= 4 is 34.7 Å². The van der Waals surface area contributed by atoms with Gasteiger partial charge in [0.1, 0.15) is 6.61 Å². The molecule has 0 radical (unpaired) electrons. The smallest absolute Gasteiger partial charge is 0.293 e. The highest BCUT2D eigenvalue weighted by molar-refractivity contribution is 8.18. The Labute approximate surface area is 201 Å². The highest BCUT2D eigenvalue weighted by atomic mass is 32.2. The summed E-state index contributed by atoms with van der Waals surface area (Å²) in [6, 6.07) is 9.74. The van der Waals surface area contributed by atoms with E-state index in [2.05, 4.69) is 6.58 Å². The lowest BCUT2D eigenvalue weighted by molar-refractivity contribution is -0.384. The van der Waals surface area contributed by atoms with Gasteiger partial charge in [0, 0.05) is 24.8 Å². The number of amides is 2. The van der Waals surface area contributed by atoms with Gasteiger partial charge in [0.25, 0.3) is 16.8 Å². The number of rotatable bonds is 11. The molecule has 1 heterocycles. The molecule has 2 aromatic rings. The first kappa shape index (κ1) is 25.0. The first-order valence-electron chi connectivity index (χ1n) is 10.3. The van der Waals surface area contributed by atoms with E-state index < -0.39 is 4.92 Å². The molecule has 0 saturated carbocycles. The zero-order valence-corrected chi connectivity index (χ0v) is 19.6. The average molecular weight is 485 g/mol. The SMILES string of the molecule is C=CCc1cc(/C=C2/SC(=O)N(CCOC)C2=O)cc(OC)c1OCc1cccc([N+](=O)[O-])c1. The molecule has 0 aliphatic carbocycles. The maximum absolute atomic E-state index is 12.6. The Bertz CT molecular complexity index is 1150. The molecule has 1 aliphatic heterocycles. The molecule has 0 atom stereocenters. The van der Waals surface area contributed by atoms with Crippen LogP contribution in [-0.4, -0.2) is 48.3 Å². The summed E-state index contributed by atoms with van der Waals surface area (Å²) in [6.07, 6.45) is 3.80. The molecule has 1 aliphatic rings. The van der Waals surface area contributed by atoms with Gasteiger partial charge < -0.3 is 14.2 Å². The van der Waals surface area contributed by atoms with E-state index in [1.54, 1.807) is 30.4 Å². The third kappa shape index (κ3) is 5.83. The van der Waals surface area contributed by atoms with Gasteiger partial charge in [0.05, 0.1) is 30.1 Å². The standard InChI is InChI=1S/C24H24N2O7S/c1-4-6-18-11-17(14-21-23(27)25(9-10-31-2)24(28)34-21)13-20(32-3)22(18)33-15-16-7-5-8-19(12-16)26(29)30/h4-5,7-8,11-14H,1,6,9-10,15H2,2-3H3/b21-14+. The van der Waals surface area contributed by atoms with Crippen molar-refractivity contribution in [2.45, 2.75) is 13.0 Å². The maximum atomic E-state index is 12.6. The molecule has 10 heteroatoms. The molecule has 34 heavy (non-hydrogen) atoms. The van der Waals surface area contributed by atoms with Crippen LogP contribution in [0.5, 0.6) is 11.5 Å². The number of nitro groups is 1. The van der Waals surface area contributed by atoms with Crippen LogP contribution >= 0.6 is 11.8 Å². The number of ether oxygens (including phenoxy) is 3. The molecule has 0 aromatic heterocycles. The summed E-state index contributed by atoms with van der Waals surface area (Å²) in [4.78, 5) is 36.9. The van der Waals surface area contributed by atoms with E-state index in [9.17, 15) is 19.7 Å². The Kier molecular flexibility index (Phi) is 8.44. The Morgan fingerprint density at radius 1 is 1.21 bits per heavy atom. The van der Waals surface area contributed by atoms with Gasteiger partial charge in [-0.25, -0.2) is 0 Å². The second-order valence-electron chi connectivity index (χ2n) is 7.25. The van der Waals surface area contributed by atoms with E-state index in [4.69, 9.17) is 14.2 Å². The zero-order chi connectivity index (χ0) is 24.7. The van der Waals surface area contributed by atoms with Crippen LogP contribution in [0.2, 0.25) is 0 Å². The zero-order valence-electron chi connectivity index (χ0n) is 18.8. The second kappa shape index (κ2) is 11.5. The van der Waals surface area contributed by atoms with Crippen molar-refractivity contribution < 1.29 is 28.7 Å². The van der Waals surface area contributed by atoms with Crippen LogP contribution in [0.3, 0.4) is 0 Å². The van der Waals surface area contributed by atoms with E-state index >= 15 is 0 Å². The van der Waals surface area contributed by atoms with Gasteiger partial charge >= 0.3 is 0 Å². The molecule has 0 bridgehead atoms. The van der Waals surface area contributed by atoms with Crippen molar-refractivity contribution in [2.75, 3.05) is 27.4 Å². The van der Waals surface area contributed by atoms with E-state index in [0.29, 0.717) is 34.0 Å². The molecule has 178 valence electrons. The van der Waals surface area contributed by atoms with Gasteiger partial charge in [-0.05, 0) is 47.5 Å². The number of hydrogen-bond acceptors (Lipinski definition) is 8. The van der Waals surface area contributed by atoms with E-state index in [0.717, 1.165) is 22.2 Å². The summed E-state index contributed by atoms with van der Waals surface area (Å²) < 4.78 is 16.5. The van der Waals surface area contributed by atoms with Crippen LogP contribution in [-0.2, 0) is 22.6 Å². The highest BCUT2D eigenvalue weighted by Crippen LogP contribution is 2.37. The number of thioether (sulfide) groups is 1. The number of hydrogen-bond donors (Lipinski definition) is 0. The summed E-state index contributed by atoms with van der Waals surface area (Å²) >= 11 is 0.871. The summed E-state index contributed by atoms with van der Waals surface area (Å²) in [5.74, 6) is 0.524. The minimum Gasteiger partial charge on any atom is -0.493 e. The third-order valence-electron chi connectivity index (χ3n) is 4.93.